The maximum atomic E-state index is 13.6. The van der Waals surface area contributed by atoms with Gasteiger partial charge >= 0.3 is 6.03 Å². The summed E-state index contributed by atoms with van der Waals surface area (Å²) in [5.41, 5.74) is 2.65. The number of benzene rings is 3. The molecule has 0 spiro atoms. The molecule has 226 valence electrons. The number of nitrogens with one attached hydrogen (secondary N) is 1. The first-order valence-corrected chi connectivity index (χ1v) is 15.4. The number of anilines is 1. The van der Waals surface area contributed by atoms with Gasteiger partial charge in [0, 0.05) is 0 Å². The number of hydrogen-bond donors (Lipinski definition) is 1. The van der Waals surface area contributed by atoms with Crippen molar-refractivity contribution in [2.24, 2.45) is 17.8 Å². The third kappa shape index (κ3) is 5.15. The molecule has 0 atom stereocenters. The van der Waals surface area contributed by atoms with E-state index in [0.29, 0.717) is 16.8 Å². The molecule has 3 aromatic rings. The number of imide groups is 2. The minimum atomic E-state index is -0.803. The number of carbonyl (C=O) groups excluding carboxylic acids is 3. The Morgan fingerprint density at radius 3 is 2.30 bits per heavy atom. The van der Waals surface area contributed by atoms with Crippen LogP contribution >= 0.6 is 11.6 Å². The monoisotopic (exact) mass is 614 g/mol. The van der Waals surface area contributed by atoms with Gasteiger partial charge in [-0.2, -0.15) is 0 Å². The Kier molecular flexibility index (Phi) is 7.20. The van der Waals surface area contributed by atoms with Crippen LogP contribution in [0, 0.1) is 23.6 Å². The van der Waals surface area contributed by atoms with Gasteiger partial charge in [-0.25, -0.2) is 14.1 Å². The Hall–Kier alpha value is -4.17. The summed E-state index contributed by atoms with van der Waals surface area (Å²) in [7, 11) is 1.43. The van der Waals surface area contributed by atoms with E-state index < -0.39 is 17.8 Å². The molecule has 44 heavy (non-hydrogen) atoms. The van der Waals surface area contributed by atoms with Gasteiger partial charge in [-0.3, -0.25) is 14.9 Å². The molecule has 0 aromatic heterocycles. The Labute approximate surface area is 260 Å². The molecule has 4 bridgehead atoms. The van der Waals surface area contributed by atoms with Crippen LogP contribution in [0.2, 0.25) is 5.02 Å². The summed E-state index contributed by atoms with van der Waals surface area (Å²) in [6.45, 7) is 0.0495. The highest BCUT2D eigenvalue weighted by molar-refractivity contribution is 6.39. The molecule has 1 saturated heterocycles. The number of ether oxygens (including phenoxy) is 2. The van der Waals surface area contributed by atoms with Crippen LogP contribution in [0.5, 0.6) is 11.5 Å². The number of amides is 4. The van der Waals surface area contributed by atoms with E-state index >= 15 is 0 Å². The third-order valence-corrected chi connectivity index (χ3v) is 9.99. The second-order valence-electron chi connectivity index (χ2n) is 12.7. The summed E-state index contributed by atoms with van der Waals surface area (Å²) in [6.07, 6.45) is 9.06. The molecule has 0 unspecified atom stereocenters. The van der Waals surface area contributed by atoms with Crippen molar-refractivity contribution in [3.63, 3.8) is 0 Å². The van der Waals surface area contributed by atoms with Crippen LogP contribution in [0.4, 0.5) is 14.9 Å². The lowest BCUT2D eigenvalue weighted by Gasteiger charge is -2.57. The van der Waals surface area contributed by atoms with E-state index in [1.54, 1.807) is 18.2 Å². The number of hydrogen-bond acceptors (Lipinski definition) is 5. The third-order valence-electron chi connectivity index (χ3n) is 9.71. The largest absolute Gasteiger partial charge is 0.493 e. The summed E-state index contributed by atoms with van der Waals surface area (Å²) >= 11 is 6.52. The van der Waals surface area contributed by atoms with Crippen LogP contribution in [0.15, 0.2) is 66.2 Å². The van der Waals surface area contributed by atoms with Gasteiger partial charge in [0.2, 0.25) is 0 Å². The molecule has 7 nitrogen and oxygen atoms in total. The van der Waals surface area contributed by atoms with Gasteiger partial charge in [-0.15, -0.1) is 0 Å². The summed E-state index contributed by atoms with van der Waals surface area (Å²) in [4.78, 5) is 40.3. The fraction of sp³-hybridized carbons (Fsp3) is 0.343. The van der Waals surface area contributed by atoms with Crippen LogP contribution in [0.25, 0.3) is 6.08 Å². The Morgan fingerprint density at radius 1 is 0.977 bits per heavy atom. The molecular weight excluding hydrogens is 583 g/mol. The van der Waals surface area contributed by atoms with Crippen LogP contribution in [0.3, 0.4) is 0 Å². The Balaban J connectivity index is 1.13. The number of barbiturate groups is 1. The van der Waals surface area contributed by atoms with Crippen LogP contribution < -0.4 is 19.7 Å². The lowest BCUT2D eigenvalue weighted by Crippen LogP contribution is -2.54. The molecular formula is C35H32ClFN2O5. The van der Waals surface area contributed by atoms with E-state index in [9.17, 15) is 18.8 Å². The van der Waals surface area contributed by atoms with Gasteiger partial charge in [0.15, 0.2) is 11.5 Å². The highest BCUT2D eigenvalue weighted by atomic mass is 35.5. The molecule has 3 aromatic carbocycles. The van der Waals surface area contributed by atoms with Gasteiger partial charge in [0.1, 0.15) is 18.0 Å². The average Bonchev–Trinajstić information content (AvgIpc) is 2.98. The standard InChI is InChI=1S/C35H32ClFN2O5/c1-43-30-15-21(14-29(36)31(30)44-19-20-3-2-4-26(37)12-20)13-28-32(40)38-34(42)39(33(28)41)27-7-5-25(6-8-27)35-16-22-9-23(17-35)11-24(10-22)18-35/h2-8,12-15,22-24H,9-11,16-19H2,1H3,(H,38,40,42)/b28-13+. The maximum Gasteiger partial charge on any atom is 0.335 e. The zero-order valence-electron chi connectivity index (χ0n) is 24.3. The quantitative estimate of drug-likeness (QED) is 0.225. The van der Waals surface area contributed by atoms with Gasteiger partial charge in [-0.1, -0.05) is 35.9 Å². The second kappa shape index (κ2) is 11.1. The topological polar surface area (TPSA) is 84.9 Å². The molecule has 1 aliphatic heterocycles. The highest BCUT2D eigenvalue weighted by Crippen LogP contribution is 2.60. The van der Waals surface area contributed by atoms with Crippen LogP contribution in [0.1, 0.15) is 55.2 Å². The summed E-state index contributed by atoms with van der Waals surface area (Å²) in [5.74, 6) is 0.979. The van der Waals surface area contributed by atoms with Crippen LogP contribution in [-0.4, -0.2) is 25.0 Å². The fourth-order valence-corrected chi connectivity index (χ4v) is 8.51. The minimum Gasteiger partial charge on any atom is -0.493 e. The van der Waals surface area contributed by atoms with E-state index in [4.69, 9.17) is 21.1 Å². The molecule has 1 N–H and O–H groups in total. The molecule has 1 heterocycles. The van der Waals surface area contributed by atoms with Crippen LogP contribution in [-0.2, 0) is 21.6 Å². The number of halogens is 2. The minimum absolute atomic E-state index is 0.0495. The van der Waals surface area contributed by atoms with Crippen molar-refractivity contribution in [2.75, 3.05) is 12.0 Å². The van der Waals surface area contributed by atoms with Gasteiger partial charge in [0.25, 0.3) is 11.8 Å². The molecule has 4 aliphatic carbocycles. The van der Waals surface area contributed by atoms with Crippen molar-refractivity contribution < 1.29 is 28.2 Å². The number of methoxy groups -OCH3 is 1. The van der Waals surface area contributed by atoms with E-state index in [1.807, 2.05) is 12.1 Å². The van der Waals surface area contributed by atoms with E-state index in [0.717, 1.165) is 22.7 Å². The van der Waals surface area contributed by atoms with E-state index in [-0.39, 0.29) is 39.9 Å². The van der Waals surface area contributed by atoms with Crippen molar-refractivity contribution in [2.45, 2.75) is 50.5 Å². The number of nitrogens with zero attached hydrogens (tertiary/aromatic N) is 1. The van der Waals surface area contributed by atoms with Crippen molar-refractivity contribution in [1.29, 1.82) is 0 Å². The Bertz CT molecular complexity index is 1670. The SMILES string of the molecule is COc1cc(/C=C2\C(=O)NC(=O)N(c3ccc(C45CC6CC(CC(C6)C4)C5)cc3)C2=O)cc(Cl)c1OCc1cccc(F)c1. The number of urea groups is 1. The van der Waals surface area contributed by atoms with Gasteiger partial charge < -0.3 is 9.47 Å². The first kappa shape index (κ1) is 28.6. The van der Waals surface area contributed by atoms with Crippen molar-refractivity contribution in [3.8, 4) is 11.5 Å². The predicted octanol–water partition coefficient (Wildman–Crippen LogP) is 7.20. The zero-order valence-corrected chi connectivity index (χ0v) is 25.0. The van der Waals surface area contributed by atoms with Crippen molar-refractivity contribution in [1.82, 2.24) is 5.32 Å². The molecule has 5 fully saturated rings. The Morgan fingerprint density at radius 2 is 1.66 bits per heavy atom. The normalized spacial score (nSPS) is 26.7. The van der Waals surface area contributed by atoms with Crippen molar-refractivity contribution in [3.05, 3.63) is 93.8 Å². The fourth-order valence-electron chi connectivity index (χ4n) is 8.23. The zero-order chi connectivity index (χ0) is 30.6. The molecule has 9 heteroatoms. The smallest absolute Gasteiger partial charge is 0.335 e. The number of carbonyl (C=O) groups is 3. The lowest BCUT2D eigenvalue weighted by atomic mass is 9.48. The van der Waals surface area contributed by atoms with Gasteiger partial charge in [-0.05, 0) is 121 Å². The van der Waals surface area contributed by atoms with E-state index in [2.05, 4.69) is 17.4 Å². The highest BCUT2D eigenvalue weighted by Gasteiger charge is 2.51. The summed E-state index contributed by atoms with van der Waals surface area (Å²) in [6, 6.07) is 16.0. The average molecular weight is 615 g/mol. The summed E-state index contributed by atoms with van der Waals surface area (Å²) < 4.78 is 24.9. The maximum absolute atomic E-state index is 13.6. The molecule has 4 amide bonds. The second-order valence-corrected chi connectivity index (χ2v) is 13.1. The molecule has 4 saturated carbocycles. The molecule has 5 aliphatic rings. The summed E-state index contributed by atoms with van der Waals surface area (Å²) in [5, 5.41) is 2.46. The van der Waals surface area contributed by atoms with Crippen molar-refractivity contribution >= 4 is 41.2 Å². The van der Waals surface area contributed by atoms with E-state index in [1.165, 1.54) is 75.5 Å². The molecule has 0 radical (unpaired) electrons. The first-order chi connectivity index (χ1) is 21.2. The predicted molar refractivity (Wildman–Crippen MR) is 164 cm³/mol. The first-order valence-electron chi connectivity index (χ1n) is 15.0. The lowest BCUT2D eigenvalue weighted by molar-refractivity contribution is -0.122. The van der Waals surface area contributed by atoms with Gasteiger partial charge in [0.05, 0.1) is 17.8 Å². The molecule has 8 rings (SSSR count). The number of rotatable bonds is 7.